The van der Waals surface area contributed by atoms with Gasteiger partial charge in [0, 0.05) is 41.7 Å². The highest BCUT2D eigenvalue weighted by molar-refractivity contribution is 7.15. The Hall–Kier alpha value is -3.56. The van der Waals surface area contributed by atoms with E-state index in [-0.39, 0.29) is 5.91 Å². The van der Waals surface area contributed by atoms with E-state index in [0.29, 0.717) is 45.8 Å². The molecule has 33 heavy (non-hydrogen) atoms. The van der Waals surface area contributed by atoms with Crippen molar-refractivity contribution in [2.75, 3.05) is 19.5 Å². The number of hydrogen-bond donors (Lipinski definition) is 1. The third-order valence-electron chi connectivity index (χ3n) is 4.80. The van der Waals surface area contributed by atoms with Gasteiger partial charge in [-0.3, -0.25) is 15.1 Å². The van der Waals surface area contributed by atoms with Crippen molar-refractivity contribution in [3.8, 4) is 22.8 Å². The Morgan fingerprint density at radius 1 is 1.00 bits per heavy atom. The van der Waals surface area contributed by atoms with E-state index >= 15 is 0 Å². The van der Waals surface area contributed by atoms with Crippen molar-refractivity contribution >= 4 is 34.0 Å². The molecular formula is C23H20ClN5O3S. The lowest BCUT2D eigenvalue weighted by molar-refractivity contribution is 0.102. The minimum atomic E-state index is -0.354. The van der Waals surface area contributed by atoms with Gasteiger partial charge in [-0.25, -0.2) is 4.98 Å². The largest absolute Gasteiger partial charge is 0.496 e. The lowest BCUT2D eigenvalue weighted by atomic mass is 10.00. The van der Waals surface area contributed by atoms with Gasteiger partial charge in [0.15, 0.2) is 0 Å². The van der Waals surface area contributed by atoms with Crippen molar-refractivity contribution < 1.29 is 14.3 Å². The molecule has 4 aromatic rings. The first-order valence-corrected chi connectivity index (χ1v) is 11.2. The SMILES string of the molecule is COc1cc(-c2ccccc2OC)c(C(=O)Nc2nnc(CCc3ccc(Cl)cn3)s2)cn1. The van der Waals surface area contributed by atoms with Crippen LogP contribution in [-0.4, -0.2) is 40.3 Å². The second kappa shape index (κ2) is 10.4. The van der Waals surface area contributed by atoms with Gasteiger partial charge in [0.05, 0.1) is 24.8 Å². The quantitative estimate of drug-likeness (QED) is 0.389. The summed E-state index contributed by atoms with van der Waals surface area (Å²) in [5.41, 5.74) is 2.66. The lowest BCUT2D eigenvalue weighted by Crippen LogP contribution is -2.14. The van der Waals surface area contributed by atoms with Gasteiger partial charge in [0.2, 0.25) is 11.0 Å². The zero-order chi connectivity index (χ0) is 23.2. The molecule has 0 unspecified atom stereocenters. The van der Waals surface area contributed by atoms with Crippen molar-refractivity contribution in [2.24, 2.45) is 0 Å². The van der Waals surface area contributed by atoms with Crippen LogP contribution in [0.4, 0.5) is 5.13 Å². The minimum absolute atomic E-state index is 0.354. The smallest absolute Gasteiger partial charge is 0.259 e. The molecule has 0 saturated carbocycles. The van der Waals surface area contributed by atoms with Gasteiger partial charge in [-0.2, -0.15) is 0 Å². The van der Waals surface area contributed by atoms with Gasteiger partial charge >= 0.3 is 0 Å². The number of pyridine rings is 2. The Kier molecular flexibility index (Phi) is 7.11. The van der Waals surface area contributed by atoms with E-state index < -0.39 is 0 Å². The molecule has 0 aliphatic rings. The van der Waals surface area contributed by atoms with E-state index in [2.05, 4.69) is 25.5 Å². The van der Waals surface area contributed by atoms with E-state index in [1.165, 1.54) is 24.6 Å². The number of carbonyl (C=O) groups is 1. The number of rotatable bonds is 8. The van der Waals surface area contributed by atoms with Gasteiger partial charge in [-0.1, -0.05) is 41.1 Å². The molecule has 3 aromatic heterocycles. The summed E-state index contributed by atoms with van der Waals surface area (Å²) in [7, 11) is 3.11. The van der Waals surface area contributed by atoms with Crippen LogP contribution < -0.4 is 14.8 Å². The Labute approximate surface area is 199 Å². The molecule has 0 radical (unpaired) electrons. The van der Waals surface area contributed by atoms with Crippen LogP contribution in [0.25, 0.3) is 11.1 Å². The second-order valence-electron chi connectivity index (χ2n) is 6.90. The number of benzene rings is 1. The summed E-state index contributed by atoms with van der Waals surface area (Å²) < 4.78 is 10.7. The molecule has 4 rings (SSSR count). The van der Waals surface area contributed by atoms with E-state index in [4.69, 9.17) is 21.1 Å². The average Bonchev–Trinajstić information content (AvgIpc) is 3.30. The normalized spacial score (nSPS) is 10.6. The summed E-state index contributed by atoms with van der Waals surface area (Å²) >= 11 is 7.19. The van der Waals surface area contributed by atoms with Crippen LogP contribution in [0.2, 0.25) is 5.02 Å². The molecule has 1 aromatic carbocycles. The number of carbonyl (C=O) groups excluding carboxylic acids is 1. The van der Waals surface area contributed by atoms with Crippen LogP contribution in [0.5, 0.6) is 11.6 Å². The molecular weight excluding hydrogens is 462 g/mol. The van der Waals surface area contributed by atoms with Crippen LogP contribution >= 0.6 is 22.9 Å². The van der Waals surface area contributed by atoms with Crippen LogP contribution in [0, 0.1) is 0 Å². The number of amides is 1. The highest BCUT2D eigenvalue weighted by Gasteiger charge is 2.19. The molecule has 0 atom stereocenters. The number of halogens is 1. The first-order chi connectivity index (χ1) is 16.1. The summed E-state index contributed by atoms with van der Waals surface area (Å²) in [5, 5.41) is 12.9. The van der Waals surface area contributed by atoms with Gasteiger partial charge in [0.1, 0.15) is 10.8 Å². The molecule has 0 fully saturated rings. The number of aryl methyl sites for hydroxylation is 2. The maximum Gasteiger partial charge on any atom is 0.259 e. The number of anilines is 1. The molecule has 10 heteroatoms. The summed E-state index contributed by atoms with van der Waals surface area (Å²) in [6.07, 6.45) is 4.44. The Bertz CT molecular complexity index is 1260. The van der Waals surface area contributed by atoms with Crippen molar-refractivity contribution in [3.63, 3.8) is 0 Å². The van der Waals surface area contributed by atoms with Gasteiger partial charge in [0.25, 0.3) is 5.91 Å². The highest BCUT2D eigenvalue weighted by Crippen LogP contribution is 2.34. The summed E-state index contributed by atoms with van der Waals surface area (Å²) in [4.78, 5) is 21.6. The number of hydrogen-bond acceptors (Lipinski definition) is 8. The van der Waals surface area contributed by atoms with Gasteiger partial charge < -0.3 is 9.47 Å². The average molecular weight is 482 g/mol. The monoisotopic (exact) mass is 481 g/mol. The van der Waals surface area contributed by atoms with E-state index in [0.717, 1.165) is 16.3 Å². The predicted octanol–water partition coefficient (Wildman–Crippen LogP) is 4.70. The molecule has 8 nitrogen and oxygen atoms in total. The maximum absolute atomic E-state index is 13.1. The molecule has 0 spiro atoms. The standard InChI is InChI=1S/C23H20ClN5O3S/c1-31-19-6-4-3-5-16(19)17-11-20(32-2)26-13-18(17)22(30)27-23-29-28-21(33-23)10-9-15-8-7-14(24)12-25-15/h3-8,11-13H,9-10H2,1-2H3,(H,27,29,30). The summed E-state index contributed by atoms with van der Waals surface area (Å²) in [6.45, 7) is 0. The number of para-hydroxylation sites is 1. The van der Waals surface area contributed by atoms with Crippen molar-refractivity contribution in [2.45, 2.75) is 12.8 Å². The van der Waals surface area contributed by atoms with E-state index in [1.807, 2.05) is 30.3 Å². The fraction of sp³-hybridized carbons (Fsp3) is 0.174. The Morgan fingerprint density at radius 3 is 2.61 bits per heavy atom. The van der Waals surface area contributed by atoms with Crippen molar-refractivity contribution in [1.29, 1.82) is 0 Å². The number of methoxy groups -OCH3 is 2. The van der Waals surface area contributed by atoms with Crippen LogP contribution in [0.15, 0.2) is 54.9 Å². The summed E-state index contributed by atoms with van der Waals surface area (Å²) in [6, 6.07) is 12.8. The van der Waals surface area contributed by atoms with Crippen molar-refractivity contribution in [1.82, 2.24) is 20.2 Å². The van der Waals surface area contributed by atoms with Crippen LogP contribution in [-0.2, 0) is 12.8 Å². The summed E-state index contributed by atoms with van der Waals surface area (Å²) in [5.74, 6) is 0.670. The number of aromatic nitrogens is 4. The topological polar surface area (TPSA) is 99.1 Å². The molecule has 0 aliphatic heterocycles. The number of nitrogens with one attached hydrogen (secondary N) is 1. The number of nitrogens with zero attached hydrogens (tertiary/aromatic N) is 4. The fourth-order valence-corrected chi connectivity index (χ4v) is 4.02. The third kappa shape index (κ3) is 5.44. The van der Waals surface area contributed by atoms with E-state index in [9.17, 15) is 4.79 Å². The number of ether oxygens (including phenoxy) is 2. The predicted molar refractivity (Wildman–Crippen MR) is 127 cm³/mol. The first-order valence-electron chi connectivity index (χ1n) is 9.99. The maximum atomic E-state index is 13.1. The Balaban J connectivity index is 1.52. The minimum Gasteiger partial charge on any atom is -0.496 e. The first kappa shape index (κ1) is 22.6. The van der Waals surface area contributed by atoms with Gasteiger partial charge in [-0.05, 0) is 24.6 Å². The van der Waals surface area contributed by atoms with Crippen LogP contribution in [0.1, 0.15) is 21.1 Å². The zero-order valence-electron chi connectivity index (χ0n) is 17.9. The highest BCUT2D eigenvalue weighted by atomic mass is 35.5. The molecule has 0 bridgehead atoms. The second-order valence-corrected chi connectivity index (χ2v) is 8.39. The molecule has 0 aliphatic carbocycles. The molecule has 1 amide bonds. The van der Waals surface area contributed by atoms with Gasteiger partial charge in [-0.15, -0.1) is 10.2 Å². The Morgan fingerprint density at radius 2 is 1.85 bits per heavy atom. The van der Waals surface area contributed by atoms with Crippen molar-refractivity contribution in [3.05, 3.63) is 76.1 Å². The lowest BCUT2D eigenvalue weighted by Gasteiger charge is -2.13. The molecule has 168 valence electrons. The molecule has 3 heterocycles. The molecule has 0 saturated heterocycles. The zero-order valence-corrected chi connectivity index (χ0v) is 19.5. The van der Waals surface area contributed by atoms with E-state index in [1.54, 1.807) is 25.4 Å². The van der Waals surface area contributed by atoms with Crippen LogP contribution in [0.3, 0.4) is 0 Å². The molecule has 1 N–H and O–H groups in total. The third-order valence-corrected chi connectivity index (χ3v) is 5.92. The fourth-order valence-electron chi connectivity index (χ4n) is 3.18.